The van der Waals surface area contributed by atoms with Gasteiger partial charge in [-0.1, -0.05) is 20.8 Å². The summed E-state index contributed by atoms with van der Waals surface area (Å²) in [4.78, 5) is 43.0. The van der Waals surface area contributed by atoms with Gasteiger partial charge < -0.3 is 15.1 Å². The third kappa shape index (κ3) is 5.93. The Kier molecular flexibility index (Phi) is 7.83. The number of rotatable bonds is 3. The standard InChI is InChI=1S/C24H39N7O3/c1-16(2)20-8-7-17(3)9-23(33)31-12-18-10-19(21(31)5-4-6-22(32)26-20)13-29(11-18)24(34)14-30-15-25-27-28-30/h15-21H,4-14H2,1-3H3,(H,26,32)/t17-,18+,19-,20+,21+/m1/s1. The highest BCUT2D eigenvalue weighted by Gasteiger charge is 2.43. The van der Waals surface area contributed by atoms with Crippen molar-refractivity contribution in [2.75, 3.05) is 19.6 Å². The van der Waals surface area contributed by atoms with Crippen molar-refractivity contribution in [2.24, 2.45) is 23.7 Å². The molecule has 1 aromatic heterocycles. The molecule has 2 bridgehead atoms. The van der Waals surface area contributed by atoms with E-state index >= 15 is 0 Å². The Labute approximate surface area is 201 Å². The van der Waals surface area contributed by atoms with Crippen LogP contribution in [0.15, 0.2) is 6.33 Å². The van der Waals surface area contributed by atoms with E-state index in [1.165, 1.54) is 11.0 Å². The van der Waals surface area contributed by atoms with Crippen molar-refractivity contribution in [1.29, 1.82) is 0 Å². The molecule has 10 nitrogen and oxygen atoms in total. The number of fused-ring (bicyclic) bond motifs is 4. The van der Waals surface area contributed by atoms with Gasteiger partial charge in [-0.25, -0.2) is 4.68 Å². The third-order valence-corrected chi connectivity index (χ3v) is 7.88. The number of hydrogen-bond donors (Lipinski definition) is 1. The normalized spacial score (nSPS) is 31.2. The van der Waals surface area contributed by atoms with Crippen molar-refractivity contribution in [2.45, 2.75) is 84.3 Å². The minimum Gasteiger partial charge on any atom is -0.353 e. The molecule has 0 saturated carbocycles. The molecule has 1 N–H and O–H groups in total. The number of carbonyl (C=O) groups is 3. The van der Waals surface area contributed by atoms with E-state index in [1.54, 1.807) is 0 Å². The van der Waals surface area contributed by atoms with Crippen LogP contribution in [0.4, 0.5) is 0 Å². The zero-order chi connectivity index (χ0) is 24.2. The number of tetrazole rings is 1. The van der Waals surface area contributed by atoms with Gasteiger partial charge in [0.1, 0.15) is 12.9 Å². The van der Waals surface area contributed by atoms with E-state index in [1.807, 2.05) is 4.90 Å². The number of nitrogens with zero attached hydrogens (tertiary/aromatic N) is 6. The molecule has 10 heteroatoms. The van der Waals surface area contributed by atoms with Crippen LogP contribution >= 0.6 is 0 Å². The predicted molar refractivity (Wildman–Crippen MR) is 125 cm³/mol. The van der Waals surface area contributed by atoms with Crippen molar-refractivity contribution < 1.29 is 14.4 Å². The Morgan fingerprint density at radius 1 is 1.18 bits per heavy atom. The van der Waals surface area contributed by atoms with Crippen molar-refractivity contribution in [3.05, 3.63) is 6.33 Å². The quantitative estimate of drug-likeness (QED) is 0.711. The lowest BCUT2D eigenvalue weighted by atomic mass is 9.77. The molecule has 4 rings (SSSR count). The lowest BCUT2D eigenvalue weighted by Crippen LogP contribution is -2.60. The molecule has 3 saturated heterocycles. The van der Waals surface area contributed by atoms with E-state index in [4.69, 9.17) is 0 Å². The second-order valence-electron chi connectivity index (χ2n) is 11.0. The minimum atomic E-state index is 0.0131. The van der Waals surface area contributed by atoms with Gasteiger partial charge in [0.2, 0.25) is 17.7 Å². The number of hydrogen-bond acceptors (Lipinski definition) is 6. The maximum atomic E-state index is 13.4. The maximum Gasteiger partial charge on any atom is 0.244 e. The molecular formula is C24H39N7O3. The Morgan fingerprint density at radius 3 is 2.74 bits per heavy atom. The molecule has 0 aliphatic carbocycles. The molecule has 3 fully saturated rings. The van der Waals surface area contributed by atoms with Crippen LogP contribution < -0.4 is 5.32 Å². The molecule has 3 aliphatic heterocycles. The summed E-state index contributed by atoms with van der Waals surface area (Å²) in [6.07, 6.45) is 6.90. The van der Waals surface area contributed by atoms with Crippen molar-refractivity contribution >= 4 is 17.7 Å². The monoisotopic (exact) mass is 473 g/mol. The Hall–Kier alpha value is -2.52. The van der Waals surface area contributed by atoms with E-state index < -0.39 is 0 Å². The summed E-state index contributed by atoms with van der Waals surface area (Å²) in [5.74, 6) is 1.54. The molecule has 5 atom stereocenters. The molecule has 4 heterocycles. The lowest BCUT2D eigenvalue weighted by Gasteiger charge is -2.51. The summed E-state index contributed by atoms with van der Waals surface area (Å²) in [6.45, 7) is 8.58. The van der Waals surface area contributed by atoms with Gasteiger partial charge in [-0.15, -0.1) is 5.10 Å². The average molecular weight is 474 g/mol. The molecule has 1 aromatic rings. The molecule has 3 aliphatic rings. The fraction of sp³-hybridized carbons (Fsp3) is 0.833. The fourth-order valence-corrected chi connectivity index (χ4v) is 6.00. The highest BCUT2D eigenvalue weighted by Crippen LogP contribution is 2.36. The van der Waals surface area contributed by atoms with E-state index in [2.05, 4.69) is 46.5 Å². The van der Waals surface area contributed by atoms with Crippen LogP contribution in [0, 0.1) is 23.7 Å². The number of likely N-dealkylation sites (tertiary alicyclic amines) is 1. The summed E-state index contributed by atoms with van der Waals surface area (Å²) in [5, 5.41) is 14.3. The van der Waals surface area contributed by atoms with E-state index in [0.717, 1.165) is 32.1 Å². The summed E-state index contributed by atoms with van der Waals surface area (Å²) >= 11 is 0. The van der Waals surface area contributed by atoms with Crippen molar-refractivity contribution in [3.8, 4) is 0 Å². The zero-order valence-electron chi connectivity index (χ0n) is 20.7. The number of nitrogens with one attached hydrogen (secondary N) is 1. The molecular weight excluding hydrogens is 434 g/mol. The van der Waals surface area contributed by atoms with Gasteiger partial charge in [0, 0.05) is 44.6 Å². The van der Waals surface area contributed by atoms with Crippen LogP contribution in [-0.2, 0) is 20.9 Å². The second kappa shape index (κ2) is 10.8. The first kappa shape index (κ1) is 24.6. The third-order valence-electron chi connectivity index (χ3n) is 7.88. The lowest BCUT2D eigenvalue weighted by molar-refractivity contribution is -0.146. The Morgan fingerprint density at radius 2 is 2.00 bits per heavy atom. The van der Waals surface area contributed by atoms with Gasteiger partial charge in [0.05, 0.1) is 0 Å². The van der Waals surface area contributed by atoms with E-state index in [-0.39, 0.29) is 54.1 Å². The highest BCUT2D eigenvalue weighted by molar-refractivity contribution is 5.78. The molecule has 0 unspecified atom stereocenters. The van der Waals surface area contributed by atoms with E-state index in [0.29, 0.717) is 38.4 Å². The maximum absolute atomic E-state index is 13.4. The molecule has 0 spiro atoms. The topological polar surface area (TPSA) is 113 Å². The Balaban J connectivity index is 1.47. The summed E-state index contributed by atoms with van der Waals surface area (Å²) in [7, 11) is 0. The van der Waals surface area contributed by atoms with Crippen molar-refractivity contribution in [1.82, 2.24) is 35.3 Å². The summed E-state index contributed by atoms with van der Waals surface area (Å²) in [5.41, 5.74) is 0. The minimum absolute atomic E-state index is 0.0131. The van der Waals surface area contributed by atoms with Crippen LogP contribution in [0.1, 0.15) is 65.7 Å². The summed E-state index contributed by atoms with van der Waals surface area (Å²) in [6, 6.07) is 0.237. The first-order valence-electron chi connectivity index (χ1n) is 12.9. The van der Waals surface area contributed by atoms with Gasteiger partial charge in [0.25, 0.3) is 0 Å². The van der Waals surface area contributed by atoms with Gasteiger partial charge in [-0.3, -0.25) is 14.4 Å². The van der Waals surface area contributed by atoms with Gasteiger partial charge >= 0.3 is 0 Å². The number of piperidine rings is 2. The largest absolute Gasteiger partial charge is 0.353 e. The number of carbonyl (C=O) groups excluding carboxylic acids is 3. The van der Waals surface area contributed by atoms with Crippen LogP contribution in [0.25, 0.3) is 0 Å². The van der Waals surface area contributed by atoms with Gasteiger partial charge in [0.15, 0.2) is 0 Å². The SMILES string of the molecule is CC(C)[C@@H]1CC[C@@H](C)CC(=O)N2C[C@H]3C[C@H](CN(C(=O)Cn4cnnn4)C3)[C@@H]2CCCC(=O)N1. The molecule has 34 heavy (non-hydrogen) atoms. The second-order valence-corrected chi connectivity index (χ2v) is 11.0. The summed E-state index contributed by atoms with van der Waals surface area (Å²) < 4.78 is 1.45. The van der Waals surface area contributed by atoms with Gasteiger partial charge in [-0.2, -0.15) is 0 Å². The number of amides is 3. The van der Waals surface area contributed by atoms with E-state index in [9.17, 15) is 14.4 Å². The molecule has 188 valence electrons. The smallest absolute Gasteiger partial charge is 0.244 e. The predicted octanol–water partition coefficient (Wildman–Crippen LogP) is 1.48. The first-order chi connectivity index (χ1) is 16.3. The number of aromatic nitrogens is 4. The van der Waals surface area contributed by atoms with Crippen molar-refractivity contribution in [3.63, 3.8) is 0 Å². The average Bonchev–Trinajstić information content (AvgIpc) is 3.30. The molecule has 3 amide bonds. The fourth-order valence-electron chi connectivity index (χ4n) is 6.00. The Bertz CT molecular complexity index is 859. The first-order valence-corrected chi connectivity index (χ1v) is 12.9. The zero-order valence-corrected chi connectivity index (χ0v) is 20.7. The van der Waals surface area contributed by atoms with Crippen LogP contribution in [0.2, 0.25) is 0 Å². The highest BCUT2D eigenvalue weighted by atomic mass is 16.2. The van der Waals surface area contributed by atoms with Crippen LogP contribution in [-0.4, -0.2) is 79.4 Å². The van der Waals surface area contributed by atoms with Crippen LogP contribution in [0.5, 0.6) is 0 Å². The van der Waals surface area contributed by atoms with Gasteiger partial charge in [-0.05, 0) is 66.2 Å². The molecule has 0 aromatic carbocycles. The molecule has 0 radical (unpaired) electrons. The van der Waals surface area contributed by atoms with Crippen LogP contribution in [0.3, 0.4) is 0 Å².